The average Bonchev–Trinajstić information content (AvgIpc) is 2.79. The lowest BCUT2D eigenvalue weighted by atomic mass is 10.1. The summed E-state index contributed by atoms with van der Waals surface area (Å²) in [5.74, 6) is 1.37. The molecule has 0 bridgehead atoms. The molecule has 0 saturated heterocycles. The van der Waals surface area contributed by atoms with Gasteiger partial charge >= 0.3 is 0 Å². The van der Waals surface area contributed by atoms with E-state index in [-0.39, 0.29) is 17.4 Å². The Kier molecular flexibility index (Phi) is 8.43. The van der Waals surface area contributed by atoms with Crippen LogP contribution in [0.2, 0.25) is 0 Å². The first-order valence-electron chi connectivity index (χ1n) is 10.1. The van der Waals surface area contributed by atoms with Gasteiger partial charge in [0.25, 0.3) is 0 Å². The maximum absolute atomic E-state index is 12.2. The number of amides is 1. The number of benzene rings is 3. The van der Waals surface area contributed by atoms with Gasteiger partial charge in [-0.2, -0.15) is 0 Å². The summed E-state index contributed by atoms with van der Waals surface area (Å²) in [6.07, 6.45) is 2.18. The Morgan fingerprint density at radius 3 is 2.23 bits per heavy atom. The van der Waals surface area contributed by atoms with E-state index in [0.29, 0.717) is 6.61 Å². The van der Waals surface area contributed by atoms with Crippen LogP contribution in [-0.4, -0.2) is 24.7 Å². The molecular formula is C25H26N2O3S. The molecule has 160 valence electrons. The first kappa shape index (κ1) is 22.3. The minimum Gasteiger partial charge on any atom is -0.497 e. The number of nitrogens with one attached hydrogen (secondary N) is 2. The maximum atomic E-state index is 12.2. The zero-order valence-electron chi connectivity index (χ0n) is 17.5. The van der Waals surface area contributed by atoms with Crippen molar-refractivity contribution in [1.29, 1.82) is 0 Å². The Balaban J connectivity index is 1.38. The van der Waals surface area contributed by atoms with Gasteiger partial charge in [0, 0.05) is 5.69 Å². The fourth-order valence-electron chi connectivity index (χ4n) is 3.01. The van der Waals surface area contributed by atoms with E-state index in [1.807, 2.05) is 66.7 Å². The smallest absolute Gasteiger partial charge is 0.230 e. The molecule has 31 heavy (non-hydrogen) atoms. The molecule has 0 fully saturated rings. The summed E-state index contributed by atoms with van der Waals surface area (Å²) in [5, 5.41) is 5.97. The average molecular weight is 435 g/mol. The van der Waals surface area contributed by atoms with E-state index in [2.05, 4.69) is 22.8 Å². The van der Waals surface area contributed by atoms with Crippen LogP contribution in [0.25, 0.3) is 0 Å². The van der Waals surface area contributed by atoms with Gasteiger partial charge in [-0.15, -0.1) is 0 Å². The number of aryl methyl sites for hydroxylation is 1. The van der Waals surface area contributed by atoms with E-state index in [4.69, 9.17) is 21.7 Å². The number of carbonyl (C=O) groups is 1. The van der Waals surface area contributed by atoms with Crippen molar-refractivity contribution >= 4 is 28.9 Å². The Labute approximate surface area is 188 Å². The van der Waals surface area contributed by atoms with E-state index >= 15 is 0 Å². The number of ether oxygens (including phenoxy) is 2. The Morgan fingerprint density at radius 1 is 0.871 bits per heavy atom. The zero-order valence-corrected chi connectivity index (χ0v) is 18.3. The first-order valence-corrected chi connectivity index (χ1v) is 10.5. The largest absolute Gasteiger partial charge is 0.497 e. The summed E-state index contributed by atoms with van der Waals surface area (Å²) >= 11 is 5.24. The van der Waals surface area contributed by atoms with E-state index in [9.17, 15) is 4.79 Å². The second-order valence-electron chi connectivity index (χ2n) is 6.99. The van der Waals surface area contributed by atoms with Crippen molar-refractivity contribution in [1.82, 2.24) is 5.32 Å². The predicted octanol–water partition coefficient (Wildman–Crippen LogP) is 4.76. The highest BCUT2D eigenvalue weighted by Gasteiger charge is 2.07. The van der Waals surface area contributed by atoms with Gasteiger partial charge in [0.2, 0.25) is 5.91 Å². The number of hydrogen-bond donors (Lipinski definition) is 2. The standard InChI is InChI=1S/C25H26N2O3S/c1-29-22-13-9-20(10-14-22)18-24(28)27-25(31)26-21-11-15-23(16-12-21)30-17-5-8-19-6-3-2-4-7-19/h2-4,6-7,9-16H,5,8,17-18H2,1H3,(H2,26,27,28,31). The number of methoxy groups -OCH3 is 1. The zero-order chi connectivity index (χ0) is 21.9. The van der Waals surface area contributed by atoms with Crippen LogP contribution in [0.1, 0.15) is 17.5 Å². The van der Waals surface area contributed by atoms with E-state index in [1.165, 1.54) is 5.56 Å². The van der Waals surface area contributed by atoms with Crippen LogP contribution >= 0.6 is 12.2 Å². The molecular weight excluding hydrogens is 408 g/mol. The molecule has 0 aliphatic carbocycles. The number of carbonyl (C=O) groups excluding carboxylic acids is 1. The van der Waals surface area contributed by atoms with Crippen LogP contribution in [0.15, 0.2) is 78.9 Å². The van der Waals surface area contributed by atoms with Gasteiger partial charge in [-0.05, 0) is 72.6 Å². The van der Waals surface area contributed by atoms with Crippen LogP contribution in [0.4, 0.5) is 5.69 Å². The minimum absolute atomic E-state index is 0.180. The van der Waals surface area contributed by atoms with Crippen molar-refractivity contribution in [2.75, 3.05) is 19.0 Å². The van der Waals surface area contributed by atoms with Crippen LogP contribution in [-0.2, 0) is 17.6 Å². The first-order chi connectivity index (χ1) is 15.1. The summed E-state index contributed by atoms with van der Waals surface area (Å²) in [4.78, 5) is 12.2. The van der Waals surface area contributed by atoms with Crippen LogP contribution < -0.4 is 20.1 Å². The van der Waals surface area contributed by atoms with Crippen molar-refractivity contribution in [3.63, 3.8) is 0 Å². The molecule has 0 aliphatic heterocycles. The van der Waals surface area contributed by atoms with Gasteiger partial charge in [0.05, 0.1) is 20.1 Å². The Morgan fingerprint density at radius 2 is 1.55 bits per heavy atom. The van der Waals surface area contributed by atoms with E-state index in [1.54, 1.807) is 7.11 Å². The molecule has 3 aromatic carbocycles. The van der Waals surface area contributed by atoms with Gasteiger partial charge in [-0.3, -0.25) is 4.79 Å². The molecule has 0 aromatic heterocycles. The summed E-state index contributed by atoms with van der Waals surface area (Å²) in [5.41, 5.74) is 2.98. The quantitative estimate of drug-likeness (QED) is 0.376. The molecule has 0 saturated carbocycles. The lowest BCUT2D eigenvalue weighted by molar-refractivity contribution is -0.119. The summed E-state index contributed by atoms with van der Waals surface area (Å²) < 4.78 is 10.9. The van der Waals surface area contributed by atoms with E-state index < -0.39 is 0 Å². The Bertz CT molecular complexity index is 974. The van der Waals surface area contributed by atoms with Crippen molar-refractivity contribution in [2.24, 2.45) is 0 Å². The second-order valence-corrected chi connectivity index (χ2v) is 7.40. The number of thiocarbonyl (C=S) groups is 1. The van der Waals surface area contributed by atoms with Crippen LogP contribution in [0.3, 0.4) is 0 Å². The minimum atomic E-state index is -0.180. The maximum Gasteiger partial charge on any atom is 0.230 e. The highest BCUT2D eigenvalue weighted by molar-refractivity contribution is 7.80. The molecule has 0 spiro atoms. The van der Waals surface area contributed by atoms with Crippen molar-refractivity contribution in [3.8, 4) is 11.5 Å². The van der Waals surface area contributed by atoms with E-state index in [0.717, 1.165) is 35.6 Å². The number of hydrogen-bond acceptors (Lipinski definition) is 4. The Hall–Kier alpha value is -3.38. The lowest BCUT2D eigenvalue weighted by Gasteiger charge is -2.11. The highest BCUT2D eigenvalue weighted by atomic mass is 32.1. The summed E-state index contributed by atoms with van der Waals surface area (Å²) in [6.45, 7) is 0.654. The van der Waals surface area contributed by atoms with Gasteiger partial charge in [-0.25, -0.2) is 0 Å². The van der Waals surface area contributed by atoms with Gasteiger partial charge in [0.15, 0.2) is 5.11 Å². The third kappa shape index (κ3) is 7.75. The number of rotatable bonds is 9. The molecule has 3 aromatic rings. The predicted molar refractivity (Wildman–Crippen MR) is 128 cm³/mol. The topological polar surface area (TPSA) is 59.6 Å². The monoisotopic (exact) mass is 434 g/mol. The third-order valence-electron chi connectivity index (χ3n) is 4.61. The third-order valence-corrected chi connectivity index (χ3v) is 4.81. The molecule has 6 heteroatoms. The van der Waals surface area contributed by atoms with Gasteiger partial charge in [0.1, 0.15) is 11.5 Å². The second kappa shape index (κ2) is 11.7. The lowest BCUT2D eigenvalue weighted by Crippen LogP contribution is -2.35. The molecule has 0 aliphatic rings. The van der Waals surface area contributed by atoms with Crippen molar-refractivity contribution in [2.45, 2.75) is 19.3 Å². The SMILES string of the molecule is COc1ccc(CC(=O)NC(=S)Nc2ccc(OCCCc3ccccc3)cc2)cc1. The highest BCUT2D eigenvalue weighted by Crippen LogP contribution is 2.16. The van der Waals surface area contributed by atoms with Gasteiger partial charge in [-0.1, -0.05) is 42.5 Å². The fourth-order valence-corrected chi connectivity index (χ4v) is 3.24. The molecule has 0 radical (unpaired) electrons. The summed E-state index contributed by atoms with van der Waals surface area (Å²) in [6, 6.07) is 25.2. The molecule has 2 N–H and O–H groups in total. The fraction of sp³-hybridized carbons (Fsp3) is 0.200. The van der Waals surface area contributed by atoms with Gasteiger partial charge < -0.3 is 20.1 Å². The van der Waals surface area contributed by atoms with Crippen LogP contribution in [0, 0.1) is 0 Å². The molecule has 5 nitrogen and oxygen atoms in total. The van der Waals surface area contributed by atoms with Crippen molar-refractivity contribution < 1.29 is 14.3 Å². The summed E-state index contributed by atoms with van der Waals surface area (Å²) in [7, 11) is 1.61. The number of anilines is 1. The molecule has 0 atom stereocenters. The molecule has 3 rings (SSSR count). The van der Waals surface area contributed by atoms with Crippen LogP contribution in [0.5, 0.6) is 11.5 Å². The normalized spacial score (nSPS) is 10.2. The molecule has 0 heterocycles. The molecule has 1 amide bonds. The van der Waals surface area contributed by atoms with Crippen molar-refractivity contribution in [3.05, 3.63) is 90.0 Å². The molecule has 0 unspecified atom stereocenters.